The number of urea groups is 1. The van der Waals surface area contributed by atoms with Gasteiger partial charge in [0.15, 0.2) is 17.1 Å². The lowest BCUT2D eigenvalue weighted by molar-refractivity contribution is -0.159. The van der Waals surface area contributed by atoms with E-state index in [4.69, 9.17) is 5.73 Å². The molecule has 3 amide bonds. The maximum atomic E-state index is 14.3. The molecular formula is C34H34N4O8. The lowest BCUT2D eigenvalue weighted by atomic mass is 9.48. The fourth-order valence-electron chi connectivity index (χ4n) is 7.70. The maximum Gasteiger partial charge on any atom is 0.323 e. The molecule has 238 valence electrons. The normalized spacial score (nSPS) is 25.5. The van der Waals surface area contributed by atoms with Gasteiger partial charge in [0.2, 0.25) is 5.78 Å². The second kappa shape index (κ2) is 10.1. The number of ketones is 2. The molecule has 0 aromatic heterocycles. The predicted molar refractivity (Wildman–Crippen MR) is 171 cm³/mol. The van der Waals surface area contributed by atoms with Gasteiger partial charge in [0.25, 0.3) is 5.91 Å². The highest BCUT2D eigenvalue weighted by atomic mass is 16.3. The van der Waals surface area contributed by atoms with Crippen LogP contribution in [-0.4, -0.2) is 63.6 Å². The second-order valence-corrected chi connectivity index (χ2v) is 13.1. The number of allylic oxidation sites excluding steroid dienone is 2. The third kappa shape index (κ3) is 4.17. The number of aromatic hydroxyl groups is 1. The molecule has 46 heavy (non-hydrogen) atoms. The van der Waals surface area contributed by atoms with E-state index in [-0.39, 0.29) is 36.1 Å². The van der Waals surface area contributed by atoms with Crippen LogP contribution >= 0.6 is 0 Å². The van der Waals surface area contributed by atoms with Gasteiger partial charge in [-0.25, -0.2) is 4.79 Å². The van der Waals surface area contributed by atoms with Crippen LogP contribution in [0.3, 0.4) is 0 Å². The Morgan fingerprint density at radius 1 is 0.935 bits per heavy atom. The van der Waals surface area contributed by atoms with Gasteiger partial charge in [-0.3, -0.25) is 14.4 Å². The Morgan fingerprint density at radius 3 is 2.26 bits per heavy atom. The average molecular weight is 627 g/mol. The van der Waals surface area contributed by atoms with E-state index in [0.29, 0.717) is 16.9 Å². The third-order valence-electron chi connectivity index (χ3n) is 9.66. The summed E-state index contributed by atoms with van der Waals surface area (Å²) in [6, 6.07) is 13.7. The SMILES string of the molecule is CN(C)c1cc(NC(=O)Nc2cccc3ccccc23)c(O)c2c1C[C@@]1(C)C[C@@]3(C)CC(O)=C(C(N)=O)C(=O)[C@@]3(O)C(O)=C1C2=O. The molecule has 8 N–H and O–H groups in total. The van der Waals surface area contributed by atoms with E-state index in [1.807, 2.05) is 30.3 Å². The summed E-state index contributed by atoms with van der Waals surface area (Å²) in [7, 11) is 3.47. The van der Waals surface area contributed by atoms with Crippen molar-refractivity contribution in [2.24, 2.45) is 16.6 Å². The Labute approximate surface area is 263 Å². The van der Waals surface area contributed by atoms with Gasteiger partial charge in [0.1, 0.15) is 17.1 Å². The number of nitrogens with one attached hydrogen (secondary N) is 2. The van der Waals surface area contributed by atoms with Gasteiger partial charge in [-0.1, -0.05) is 50.2 Å². The Morgan fingerprint density at radius 2 is 1.59 bits per heavy atom. The molecule has 3 atom stereocenters. The number of aliphatic hydroxyl groups is 3. The van der Waals surface area contributed by atoms with Crippen LogP contribution in [0, 0.1) is 10.8 Å². The molecule has 0 fully saturated rings. The molecule has 0 unspecified atom stereocenters. The molecular weight excluding hydrogens is 592 g/mol. The number of nitrogens with two attached hydrogens (primary N) is 1. The van der Waals surface area contributed by atoms with Crippen molar-refractivity contribution in [1.29, 1.82) is 0 Å². The number of hydrogen-bond acceptors (Lipinski definition) is 9. The van der Waals surface area contributed by atoms with Gasteiger partial charge in [-0.05, 0) is 35.9 Å². The van der Waals surface area contributed by atoms with Gasteiger partial charge in [0.05, 0.1) is 16.9 Å². The molecule has 0 aliphatic heterocycles. The van der Waals surface area contributed by atoms with E-state index in [0.717, 1.165) is 10.8 Å². The van der Waals surface area contributed by atoms with Gasteiger partial charge in [0, 0.05) is 48.0 Å². The number of benzene rings is 3. The minimum Gasteiger partial charge on any atom is -0.511 e. The number of nitrogens with zero attached hydrogens (tertiary/aromatic N) is 1. The van der Waals surface area contributed by atoms with Crippen molar-refractivity contribution in [2.45, 2.75) is 38.7 Å². The fraction of sp³-hybridized carbons (Fsp3) is 0.294. The summed E-state index contributed by atoms with van der Waals surface area (Å²) in [5.41, 5.74) is -0.106. The summed E-state index contributed by atoms with van der Waals surface area (Å²) in [5, 5.41) is 52.7. The Balaban J connectivity index is 1.46. The molecule has 12 heteroatoms. The summed E-state index contributed by atoms with van der Waals surface area (Å²) >= 11 is 0. The van der Waals surface area contributed by atoms with Crippen molar-refractivity contribution in [3.05, 3.63) is 82.3 Å². The van der Waals surface area contributed by atoms with E-state index in [1.165, 1.54) is 6.92 Å². The molecule has 3 aliphatic rings. The second-order valence-electron chi connectivity index (χ2n) is 13.1. The predicted octanol–water partition coefficient (Wildman–Crippen LogP) is 4.22. The number of hydrogen-bond donors (Lipinski definition) is 7. The number of rotatable bonds is 4. The van der Waals surface area contributed by atoms with Crippen LogP contribution in [-0.2, 0) is 16.0 Å². The van der Waals surface area contributed by atoms with E-state index in [1.54, 1.807) is 44.1 Å². The fourth-order valence-corrected chi connectivity index (χ4v) is 7.70. The van der Waals surface area contributed by atoms with Crippen molar-refractivity contribution in [1.82, 2.24) is 0 Å². The van der Waals surface area contributed by atoms with Gasteiger partial charge < -0.3 is 41.7 Å². The first-order chi connectivity index (χ1) is 21.5. The molecule has 3 aromatic rings. The smallest absolute Gasteiger partial charge is 0.323 e. The van der Waals surface area contributed by atoms with Crippen LogP contribution in [0.15, 0.2) is 71.2 Å². The Bertz CT molecular complexity index is 1980. The summed E-state index contributed by atoms with van der Waals surface area (Å²) in [4.78, 5) is 54.8. The van der Waals surface area contributed by atoms with Crippen LogP contribution < -0.4 is 21.3 Å². The highest BCUT2D eigenvalue weighted by Gasteiger charge is 2.68. The van der Waals surface area contributed by atoms with Crippen molar-refractivity contribution in [2.75, 3.05) is 29.6 Å². The van der Waals surface area contributed by atoms with Crippen molar-refractivity contribution < 1.29 is 39.6 Å². The average Bonchev–Trinajstić information content (AvgIpc) is 2.96. The standard InChI is InChI=1S/C34H34N4O8/c1-32-13-18-21(38(3)4)12-20(37-31(45)36-19-11-7-9-16-8-5-6-10-17(16)19)26(40)23(18)27(41)25(32)29(43)34(46)28(42)24(30(35)44)22(39)14-33(34,2)15-32/h5-12,39-40,43,46H,13-15H2,1-4H3,(H2,35,44)(H2,36,37,45)/t32-,33+,34+/m0/s1. The number of primary amides is 1. The van der Waals surface area contributed by atoms with Crippen LogP contribution in [0.25, 0.3) is 10.8 Å². The lowest BCUT2D eigenvalue weighted by Gasteiger charge is -2.56. The van der Waals surface area contributed by atoms with Crippen LogP contribution in [0.1, 0.15) is 42.6 Å². The van der Waals surface area contributed by atoms with Crippen molar-refractivity contribution in [3.8, 4) is 5.75 Å². The van der Waals surface area contributed by atoms with E-state index < -0.39 is 62.8 Å². The molecule has 0 bridgehead atoms. The third-order valence-corrected chi connectivity index (χ3v) is 9.66. The summed E-state index contributed by atoms with van der Waals surface area (Å²) in [6.45, 7) is 3.18. The van der Waals surface area contributed by atoms with Gasteiger partial charge >= 0.3 is 6.03 Å². The quantitative estimate of drug-likeness (QED) is 0.163. The van der Waals surface area contributed by atoms with Crippen LogP contribution in [0.4, 0.5) is 21.9 Å². The first kappa shape index (κ1) is 30.7. The number of phenols is 1. The molecule has 3 aliphatic carbocycles. The monoisotopic (exact) mass is 626 g/mol. The molecule has 0 saturated heterocycles. The first-order valence-electron chi connectivity index (χ1n) is 14.6. The Kier molecular flexibility index (Phi) is 6.72. The van der Waals surface area contributed by atoms with Gasteiger partial charge in [-0.2, -0.15) is 0 Å². The zero-order chi connectivity index (χ0) is 33.5. The highest BCUT2D eigenvalue weighted by molar-refractivity contribution is 6.25. The molecule has 0 spiro atoms. The molecule has 3 aromatic carbocycles. The van der Waals surface area contributed by atoms with E-state index in [9.17, 15) is 39.6 Å². The Hall–Kier alpha value is -5.36. The largest absolute Gasteiger partial charge is 0.511 e. The number of carbonyl (C=O) groups excluding carboxylic acids is 4. The molecule has 0 saturated carbocycles. The minimum atomic E-state index is -2.75. The van der Waals surface area contributed by atoms with E-state index >= 15 is 0 Å². The minimum absolute atomic E-state index is 0.0516. The summed E-state index contributed by atoms with van der Waals surface area (Å²) in [5.74, 6) is -5.58. The number of phenolic OH excluding ortho intramolecular Hbond substituents is 1. The molecule has 0 radical (unpaired) electrons. The number of anilines is 3. The first-order valence-corrected chi connectivity index (χ1v) is 14.6. The summed E-state index contributed by atoms with van der Waals surface area (Å²) in [6.07, 6.45) is -0.323. The van der Waals surface area contributed by atoms with Crippen LogP contribution in [0.2, 0.25) is 0 Å². The number of fused-ring (bicyclic) bond motifs is 4. The summed E-state index contributed by atoms with van der Waals surface area (Å²) < 4.78 is 0. The zero-order valence-corrected chi connectivity index (χ0v) is 25.7. The zero-order valence-electron chi connectivity index (χ0n) is 25.7. The molecule has 0 heterocycles. The van der Waals surface area contributed by atoms with Crippen LogP contribution in [0.5, 0.6) is 5.75 Å². The number of carbonyl (C=O) groups is 4. The highest BCUT2D eigenvalue weighted by Crippen LogP contribution is 2.63. The molecule has 6 rings (SSSR count). The van der Waals surface area contributed by atoms with E-state index in [2.05, 4.69) is 10.6 Å². The van der Waals surface area contributed by atoms with Crippen molar-refractivity contribution >= 4 is 51.3 Å². The molecule has 12 nitrogen and oxygen atoms in total. The van der Waals surface area contributed by atoms with Gasteiger partial charge in [-0.15, -0.1) is 0 Å². The maximum absolute atomic E-state index is 14.3. The number of amides is 3. The number of Topliss-reactive ketones (excluding diaryl/α,β-unsaturated/α-hetero) is 2. The topological polar surface area (TPSA) is 203 Å². The van der Waals surface area contributed by atoms with Crippen molar-refractivity contribution in [3.63, 3.8) is 0 Å². The number of aliphatic hydroxyl groups excluding tert-OH is 2. The lowest BCUT2D eigenvalue weighted by Crippen LogP contribution is -2.64.